The van der Waals surface area contributed by atoms with Gasteiger partial charge in [-0.1, -0.05) is 57.4 Å². The highest BCUT2D eigenvalue weighted by Crippen LogP contribution is 2.43. The number of carbonyl (C=O) groups is 1. The highest BCUT2D eigenvalue weighted by Gasteiger charge is 2.36. The van der Waals surface area contributed by atoms with Gasteiger partial charge >= 0.3 is 5.97 Å². The Balaban J connectivity index is 0.00000160. The molecule has 1 aliphatic heterocycles. The first kappa shape index (κ1) is 24.7. The summed E-state index contributed by atoms with van der Waals surface area (Å²) < 4.78 is 8.32. The number of benzene rings is 1. The second-order valence-electron chi connectivity index (χ2n) is 8.67. The number of hydrogen-bond donors (Lipinski definition) is 1. The maximum Gasteiger partial charge on any atom is 0.323 e. The Labute approximate surface area is 191 Å². The molecule has 2 unspecified atom stereocenters. The number of halogens is 2. The van der Waals surface area contributed by atoms with E-state index in [0.29, 0.717) is 5.92 Å². The standard InChI is InChI=1S/C23H31N3O2.2ClH/c1-15(2)22(24)23(27)28-21(16-8-4-3-5-9-16)12-19-17-10-6-7-11-18(17)20-13-25-14-26(19)20;;/h6-7,10-11,13-16,19,21-22H,3-5,8-9,12,24H2,1-2H3;2*1H/t19?,21?,22-;;/m0../s1. The van der Waals surface area contributed by atoms with Crippen LogP contribution in [0.1, 0.15) is 64.0 Å². The Morgan fingerprint density at radius 3 is 2.60 bits per heavy atom. The van der Waals surface area contributed by atoms with Crippen LogP contribution in [0.5, 0.6) is 0 Å². The van der Waals surface area contributed by atoms with Gasteiger partial charge in [-0.3, -0.25) is 4.79 Å². The van der Waals surface area contributed by atoms with E-state index in [1.54, 1.807) is 0 Å². The zero-order valence-corrected chi connectivity index (χ0v) is 19.3. The molecule has 0 saturated heterocycles. The normalized spacial score (nSPS) is 19.8. The quantitative estimate of drug-likeness (QED) is 0.612. The molecular weight excluding hydrogens is 421 g/mol. The summed E-state index contributed by atoms with van der Waals surface area (Å²) in [6.45, 7) is 3.93. The van der Waals surface area contributed by atoms with Crippen molar-refractivity contribution in [2.75, 3.05) is 0 Å². The number of fused-ring (bicyclic) bond motifs is 3. The van der Waals surface area contributed by atoms with E-state index < -0.39 is 6.04 Å². The zero-order valence-electron chi connectivity index (χ0n) is 17.7. The molecule has 5 nitrogen and oxygen atoms in total. The smallest absolute Gasteiger partial charge is 0.323 e. The van der Waals surface area contributed by atoms with Gasteiger partial charge < -0.3 is 15.0 Å². The molecule has 0 bridgehead atoms. The topological polar surface area (TPSA) is 70.1 Å². The van der Waals surface area contributed by atoms with Crippen LogP contribution < -0.4 is 5.73 Å². The molecule has 1 aromatic carbocycles. The summed E-state index contributed by atoms with van der Waals surface area (Å²) in [4.78, 5) is 17.0. The van der Waals surface area contributed by atoms with Crippen molar-refractivity contribution < 1.29 is 9.53 Å². The van der Waals surface area contributed by atoms with Crippen molar-refractivity contribution in [3.05, 3.63) is 42.4 Å². The van der Waals surface area contributed by atoms with Crippen molar-refractivity contribution in [2.45, 2.75) is 70.6 Å². The first-order valence-electron chi connectivity index (χ1n) is 10.6. The predicted molar refractivity (Wildman–Crippen MR) is 124 cm³/mol. The third-order valence-corrected chi connectivity index (χ3v) is 6.49. The summed E-state index contributed by atoms with van der Waals surface area (Å²) in [7, 11) is 0. The second kappa shape index (κ2) is 10.7. The van der Waals surface area contributed by atoms with Crippen LogP contribution in [0, 0.1) is 11.8 Å². The van der Waals surface area contributed by atoms with Gasteiger partial charge in [-0.15, -0.1) is 24.8 Å². The summed E-state index contributed by atoms with van der Waals surface area (Å²) >= 11 is 0. The van der Waals surface area contributed by atoms with Crippen molar-refractivity contribution in [3.63, 3.8) is 0 Å². The molecule has 1 fully saturated rings. The number of imidazole rings is 1. The highest BCUT2D eigenvalue weighted by atomic mass is 35.5. The molecule has 0 spiro atoms. The summed E-state index contributed by atoms with van der Waals surface area (Å²) in [5.41, 5.74) is 9.77. The molecule has 30 heavy (non-hydrogen) atoms. The van der Waals surface area contributed by atoms with Crippen LogP contribution in [0.2, 0.25) is 0 Å². The van der Waals surface area contributed by atoms with Crippen molar-refractivity contribution in [1.29, 1.82) is 0 Å². The SMILES string of the molecule is CC(C)[C@H](N)C(=O)OC(CC1c2ccccc2-c2cncn21)C1CCCCC1.Cl.Cl. The van der Waals surface area contributed by atoms with Gasteiger partial charge in [0, 0.05) is 12.0 Å². The maximum atomic E-state index is 12.7. The molecule has 0 radical (unpaired) electrons. The van der Waals surface area contributed by atoms with Gasteiger partial charge in [0.05, 0.1) is 24.3 Å². The van der Waals surface area contributed by atoms with Gasteiger partial charge in [-0.2, -0.15) is 0 Å². The van der Waals surface area contributed by atoms with Gasteiger partial charge in [0.1, 0.15) is 12.1 Å². The van der Waals surface area contributed by atoms with Crippen LogP contribution in [0.4, 0.5) is 0 Å². The Morgan fingerprint density at radius 2 is 1.90 bits per heavy atom. The number of rotatable bonds is 6. The van der Waals surface area contributed by atoms with Crippen molar-refractivity contribution in [3.8, 4) is 11.3 Å². The lowest BCUT2D eigenvalue weighted by molar-refractivity contribution is -0.156. The van der Waals surface area contributed by atoms with E-state index in [1.165, 1.54) is 30.4 Å². The number of ether oxygens (including phenoxy) is 1. The molecule has 2 aromatic rings. The van der Waals surface area contributed by atoms with Crippen LogP contribution in [0.15, 0.2) is 36.8 Å². The van der Waals surface area contributed by atoms with Crippen molar-refractivity contribution >= 4 is 30.8 Å². The van der Waals surface area contributed by atoms with Gasteiger partial charge in [0.15, 0.2) is 0 Å². The molecule has 7 heteroatoms. The van der Waals surface area contributed by atoms with Gasteiger partial charge in [-0.05, 0) is 30.2 Å². The lowest BCUT2D eigenvalue weighted by Crippen LogP contribution is -2.41. The number of hydrogen-bond acceptors (Lipinski definition) is 4. The Hall–Kier alpha value is -1.56. The third-order valence-electron chi connectivity index (χ3n) is 6.49. The second-order valence-corrected chi connectivity index (χ2v) is 8.67. The average Bonchev–Trinajstić information content (AvgIpc) is 3.30. The van der Waals surface area contributed by atoms with Crippen LogP contribution in [0.3, 0.4) is 0 Å². The Bertz CT molecular complexity index is 833. The van der Waals surface area contributed by atoms with E-state index in [9.17, 15) is 4.79 Å². The first-order valence-corrected chi connectivity index (χ1v) is 10.6. The minimum Gasteiger partial charge on any atom is -0.461 e. The van der Waals surface area contributed by atoms with E-state index >= 15 is 0 Å². The van der Waals surface area contributed by atoms with Crippen LogP contribution in [0.25, 0.3) is 11.3 Å². The third kappa shape index (κ3) is 4.84. The lowest BCUT2D eigenvalue weighted by Gasteiger charge is -2.33. The van der Waals surface area contributed by atoms with E-state index in [-0.39, 0.29) is 48.8 Å². The van der Waals surface area contributed by atoms with Crippen LogP contribution in [-0.2, 0) is 9.53 Å². The summed E-state index contributed by atoms with van der Waals surface area (Å²) in [5.74, 6) is 0.228. The summed E-state index contributed by atoms with van der Waals surface area (Å²) in [5, 5.41) is 0. The number of carbonyl (C=O) groups excluding carboxylic acids is 1. The molecule has 3 atom stereocenters. The van der Waals surface area contributed by atoms with Crippen LogP contribution in [-0.4, -0.2) is 27.7 Å². The van der Waals surface area contributed by atoms with Crippen LogP contribution >= 0.6 is 24.8 Å². The molecule has 166 valence electrons. The lowest BCUT2D eigenvalue weighted by atomic mass is 9.82. The van der Waals surface area contributed by atoms with Crippen molar-refractivity contribution in [2.24, 2.45) is 17.6 Å². The van der Waals surface area contributed by atoms with E-state index in [2.05, 4.69) is 33.8 Å². The number of nitrogens with zero attached hydrogens (tertiary/aromatic N) is 2. The molecule has 1 aromatic heterocycles. The number of aromatic nitrogens is 2. The molecule has 4 rings (SSSR count). The zero-order chi connectivity index (χ0) is 19.7. The Morgan fingerprint density at radius 1 is 1.20 bits per heavy atom. The fourth-order valence-corrected chi connectivity index (χ4v) is 4.74. The maximum absolute atomic E-state index is 12.7. The monoisotopic (exact) mass is 453 g/mol. The largest absolute Gasteiger partial charge is 0.461 e. The highest BCUT2D eigenvalue weighted by molar-refractivity contribution is 5.85. The number of esters is 1. The summed E-state index contributed by atoms with van der Waals surface area (Å²) in [6, 6.07) is 8.08. The molecular formula is C23H33Cl2N3O2. The minimum absolute atomic E-state index is 0. The first-order chi connectivity index (χ1) is 13.6. The Kier molecular flexibility index (Phi) is 8.77. The molecule has 2 N–H and O–H groups in total. The molecule has 0 amide bonds. The van der Waals surface area contributed by atoms with E-state index in [4.69, 9.17) is 10.5 Å². The van der Waals surface area contributed by atoms with E-state index in [1.807, 2.05) is 26.4 Å². The minimum atomic E-state index is -0.564. The van der Waals surface area contributed by atoms with Crippen molar-refractivity contribution in [1.82, 2.24) is 9.55 Å². The van der Waals surface area contributed by atoms with Gasteiger partial charge in [0.2, 0.25) is 0 Å². The predicted octanol–water partition coefficient (Wildman–Crippen LogP) is 5.16. The average molecular weight is 454 g/mol. The molecule has 2 heterocycles. The molecule has 1 aliphatic carbocycles. The van der Waals surface area contributed by atoms with Gasteiger partial charge in [0.25, 0.3) is 0 Å². The van der Waals surface area contributed by atoms with E-state index in [0.717, 1.165) is 25.0 Å². The fourth-order valence-electron chi connectivity index (χ4n) is 4.74. The molecule has 2 aliphatic rings. The number of nitrogens with two attached hydrogens (primary N) is 1. The van der Waals surface area contributed by atoms with Gasteiger partial charge in [-0.25, -0.2) is 4.98 Å². The molecule has 1 saturated carbocycles. The fraction of sp³-hybridized carbons (Fsp3) is 0.565. The summed E-state index contributed by atoms with van der Waals surface area (Å²) in [6.07, 6.45) is 10.5.